The maximum absolute atomic E-state index is 12.7. The van der Waals surface area contributed by atoms with Crippen molar-refractivity contribution in [3.8, 4) is 0 Å². The maximum Gasteiger partial charge on any atom is 0.352 e. The van der Waals surface area contributed by atoms with Gasteiger partial charge >= 0.3 is 5.97 Å². The number of aliphatic carboxylic acids is 1. The molecule has 1 fully saturated rings. The number of fused-ring (bicyclic) bond motifs is 1. The Kier molecular flexibility index (Phi) is 6.65. The highest BCUT2D eigenvalue weighted by atomic mass is 32.2. The summed E-state index contributed by atoms with van der Waals surface area (Å²) in [5.74, 6) is 1.06. The molecule has 0 saturated carbocycles. The summed E-state index contributed by atoms with van der Waals surface area (Å²) in [6.45, 7) is 0. The van der Waals surface area contributed by atoms with Gasteiger partial charge in [-0.25, -0.2) is 9.48 Å². The lowest BCUT2D eigenvalue weighted by Crippen LogP contribution is -2.70. The first-order chi connectivity index (χ1) is 14.5. The van der Waals surface area contributed by atoms with Crippen LogP contribution in [0, 0.1) is 0 Å². The predicted molar refractivity (Wildman–Crippen MR) is 117 cm³/mol. The van der Waals surface area contributed by atoms with E-state index in [9.17, 15) is 19.5 Å². The summed E-state index contributed by atoms with van der Waals surface area (Å²) < 4.78 is 1.50. The van der Waals surface area contributed by atoms with Crippen molar-refractivity contribution in [3.05, 3.63) is 21.6 Å². The van der Waals surface area contributed by atoms with E-state index in [1.807, 2.05) is 5.41 Å². The third-order valence-electron chi connectivity index (χ3n) is 4.56. The van der Waals surface area contributed by atoms with Crippen LogP contribution in [-0.4, -0.2) is 82.4 Å². The van der Waals surface area contributed by atoms with E-state index in [-0.39, 0.29) is 23.9 Å². The van der Waals surface area contributed by atoms with Crippen LogP contribution < -0.4 is 5.32 Å². The normalized spacial score (nSPS) is 23.6. The molecule has 2 N–H and O–H groups in total. The standard InChI is InChI=1S/C16H18N6O4S4/c1-21-16(18-19-20-21)30-6-8-5-29-14-11(13(24)22(14)12(8)15(25)26)17-10(23)4-9-7-27-2-3-28-9/h7,11,14H,2-6H2,1H3,(H,17,23)(H,25,26). The number of hydrogen-bond acceptors (Lipinski definition) is 10. The zero-order chi connectivity index (χ0) is 21.3. The van der Waals surface area contributed by atoms with Gasteiger partial charge in [0.05, 0.1) is 6.42 Å². The van der Waals surface area contributed by atoms with Crippen LogP contribution in [-0.2, 0) is 21.4 Å². The fourth-order valence-electron chi connectivity index (χ4n) is 3.17. The molecule has 10 nitrogen and oxygen atoms in total. The van der Waals surface area contributed by atoms with Crippen molar-refractivity contribution < 1.29 is 19.5 Å². The molecule has 0 bridgehead atoms. The Hall–Kier alpha value is -1.64. The van der Waals surface area contributed by atoms with Crippen LogP contribution in [0.1, 0.15) is 6.42 Å². The minimum absolute atomic E-state index is 0.00109. The Morgan fingerprint density at radius 1 is 1.40 bits per heavy atom. The molecule has 0 aliphatic carbocycles. The van der Waals surface area contributed by atoms with E-state index < -0.39 is 17.4 Å². The molecule has 3 aliphatic rings. The van der Waals surface area contributed by atoms with Crippen molar-refractivity contribution in [1.82, 2.24) is 30.4 Å². The second-order valence-corrected chi connectivity index (χ2v) is 10.8. The second-order valence-electron chi connectivity index (χ2n) is 6.57. The Balaban J connectivity index is 1.42. The number of carboxylic acid groups (broad SMARTS) is 1. The molecule has 14 heteroatoms. The van der Waals surface area contributed by atoms with Crippen LogP contribution in [0.5, 0.6) is 0 Å². The number of tetrazole rings is 1. The molecule has 2 atom stereocenters. The van der Waals surface area contributed by atoms with Gasteiger partial charge in [0.2, 0.25) is 11.1 Å². The summed E-state index contributed by atoms with van der Waals surface area (Å²) in [4.78, 5) is 39.3. The molecule has 3 aliphatic heterocycles. The van der Waals surface area contributed by atoms with Crippen molar-refractivity contribution in [2.45, 2.75) is 23.0 Å². The number of amides is 2. The molecular weight excluding hydrogens is 468 g/mol. The lowest BCUT2D eigenvalue weighted by Gasteiger charge is -2.49. The van der Waals surface area contributed by atoms with E-state index in [4.69, 9.17) is 0 Å². The predicted octanol–water partition coefficient (Wildman–Crippen LogP) is 0.752. The number of aromatic nitrogens is 4. The minimum atomic E-state index is -1.15. The lowest BCUT2D eigenvalue weighted by molar-refractivity contribution is -0.150. The summed E-state index contributed by atoms with van der Waals surface area (Å²) >= 11 is 6.11. The number of thioether (sulfide) groups is 4. The number of nitrogens with zero attached hydrogens (tertiary/aromatic N) is 5. The highest BCUT2D eigenvalue weighted by molar-refractivity contribution is 8.09. The van der Waals surface area contributed by atoms with Gasteiger partial charge in [-0.1, -0.05) is 11.8 Å². The van der Waals surface area contributed by atoms with Gasteiger partial charge in [0.25, 0.3) is 5.91 Å². The molecule has 0 radical (unpaired) electrons. The smallest absolute Gasteiger partial charge is 0.352 e. The third-order valence-corrected chi connectivity index (χ3v) is 9.34. The molecule has 1 aromatic rings. The second kappa shape index (κ2) is 9.24. The molecular formula is C16H18N6O4S4. The highest BCUT2D eigenvalue weighted by Gasteiger charge is 2.54. The Morgan fingerprint density at radius 2 is 2.23 bits per heavy atom. The van der Waals surface area contributed by atoms with Gasteiger partial charge in [-0.2, -0.15) is 0 Å². The van der Waals surface area contributed by atoms with Gasteiger partial charge in [0, 0.05) is 35.0 Å². The zero-order valence-electron chi connectivity index (χ0n) is 15.8. The zero-order valence-corrected chi connectivity index (χ0v) is 19.1. The Labute approximate surface area is 189 Å². The van der Waals surface area contributed by atoms with E-state index in [1.165, 1.54) is 33.1 Å². The Bertz CT molecular complexity index is 948. The number of carbonyl (C=O) groups excluding carboxylic acids is 2. The SMILES string of the molecule is Cn1nnnc1SCC1=C(C(=O)O)N2C(=O)C(NC(=O)CC3=CSCCS3)C2SC1. The quantitative estimate of drug-likeness (QED) is 0.418. The van der Waals surface area contributed by atoms with Crippen LogP contribution >= 0.6 is 47.0 Å². The molecule has 1 saturated heterocycles. The number of carbonyl (C=O) groups is 3. The van der Waals surface area contributed by atoms with Gasteiger partial charge < -0.3 is 10.4 Å². The molecule has 0 spiro atoms. The van der Waals surface area contributed by atoms with Crippen LogP contribution in [0.3, 0.4) is 0 Å². The van der Waals surface area contributed by atoms with E-state index in [0.717, 1.165) is 16.4 Å². The minimum Gasteiger partial charge on any atom is -0.477 e. The molecule has 2 unspecified atom stereocenters. The van der Waals surface area contributed by atoms with Gasteiger partial charge in [0.1, 0.15) is 17.1 Å². The first kappa shape index (κ1) is 21.6. The van der Waals surface area contributed by atoms with Crippen molar-refractivity contribution in [1.29, 1.82) is 0 Å². The van der Waals surface area contributed by atoms with Crippen molar-refractivity contribution in [2.24, 2.45) is 7.05 Å². The molecule has 4 rings (SSSR count). The van der Waals surface area contributed by atoms with Crippen molar-refractivity contribution in [2.75, 3.05) is 23.0 Å². The number of hydrogen-bond donors (Lipinski definition) is 2. The summed E-state index contributed by atoms with van der Waals surface area (Å²) in [5, 5.41) is 25.8. The summed E-state index contributed by atoms with van der Waals surface area (Å²) in [7, 11) is 1.70. The van der Waals surface area contributed by atoms with Crippen LogP contribution in [0.25, 0.3) is 0 Å². The monoisotopic (exact) mass is 486 g/mol. The number of nitrogens with one attached hydrogen (secondary N) is 1. The topological polar surface area (TPSA) is 130 Å². The average molecular weight is 487 g/mol. The molecule has 4 heterocycles. The first-order valence-corrected chi connectivity index (χ1v) is 13.0. The fraction of sp³-hybridized carbons (Fsp3) is 0.500. The third kappa shape index (κ3) is 4.36. The summed E-state index contributed by atoms with van der Waals surface area (Å²) in [6.07, 6.45) is 0.244. The lowest BCUT2D eigenvalue weighted by atomic mass is 10.0. The largest absolute Gasteiger partial charge is 0.477 e. The molecule has 1 aromatic heterocycles. The number of β-lactam (4-membered cyclic amide) rings is 1. The fourth-order valence-corrected chi connectivity index (χ4v) is 7.58. The Morgan fingerprint density at radius 3 is 2.90 bits per heavy atom. The summed E-state index contributed by atoms with van der Waals surface area (Å²) in [5.41, 5.74) is 0.634. The molecule has 160 valence electrons. The van der Waals surface area contributed by atoms with Gasteiger partial charge in [0.15, 0.2) is 0 Å². The van der Waals surface area contributed by atoms with Gasteiger partial charge in [-0.05, 0) is 21.4 Å². The van der Waals surface area contributed by atoms with Crippen molar-refractivity contribution in [3.63, 3.8) is 0 Å². The van der Waals surface area contributed by atoms with E-state index in [0.29, 0.717) is 22.2 Å². The maximum atomic E-state index is 12.7. The molecule has 0 aromatic carbocycles. The number of carboxylic acids is 1. The number of aryl methyl sites for hydroxylation is 1. The number of rotatable bonds is 7. The van der Waals surface area contributed by atoms with Gasteiger partial charge in [-0.15, -0.1) is 40.4 Å². The van der Waals surface area contributed by atoms with Crippen molar-refractivity contribution >= 4 is 64.8 Å². The van der Waals surface area contributed by atoms with Gasteiger partial charge in [-0.3, -0.25) is 14.5 Å². The van der Waals surface area contributed by atoms with E-state index in [2.05, 4.69) is 20.8 Å². The van der Waals surface area contributed by atoms with E-state index in [1.54, 1.807) is 30.6 Å². The van der Waals surface area contributed by atoms with Crippen LogP contribution in [0.15, 0.2) is 26.7 Å². The molecule has 2 amide bonds. The molecule has 30 heavy (non-hydrogen) atoms. The van der Waals surface area contributed by atoms with Crippen LogP contribution in [0.4, 0.5) is 0 Å². The average Bonchev–Trinajstić information content (AvgIpc) is 3.15. The van der Waals surface area contributed by atoms with E-state index >= 15 is 0 Å². The highest BCUT2D eigenvalue weighted by Crippen LogP contribution is 2.41. The first-order valence-electron chi connectivity index (χ1n) is 8.93. The van der Waals surface area contributed by atoms with Crippen LogP contribution in [0.2, 0.25) is 0 Å². The summed E-state index contributed by atoms with van der Waals surface area (Å²) in [6, 6.07) is -0.698.